The van der Waals surface area contributed by atoms with Gasteiger partial charge in [0.05, 0.1) is 18.8 Å². The number of amides is 2. The number of primary amides is 1. The van der Waals surface area contributed by atoms with E-state index in [2.05, 4.69) is 5.32 Å². The highest BCUT2D eigenvalue weighted by Crippen LogP contribution is 2.17. The van der Waals surface area contributed by atoms with Crippen LogP contribution in [0.5, 0.6) is 0 Å². The van der Waals surface area contributed by atoms with E-state index in [4.69, 9.17) is 11.5 Å². The average molecular weight is 268 g/mol. The smallest absolute Gasteiger partial charge is 0.238 e. The van der Waals surface area contributed by atoms with Gasteiger partial charge in [0.15, 0.2) is 0 Å². The van der Waals surface area contributed by atoms with Crippen molar-refractivity contribution in [2.24, 2.45) is 5.73 Å². The molecule has 19 heavy (non-hydrogen) atoms. The number of hydrogen-bond acceptors (Lipinski definition) is 4. The van der Waals surface area contributed by atoms with Gasteiger partial charge in [0.25, 0.3) is 0 Å². The third-order valence-electron chi connectivity index (χ3n) is 2.46. The molecule has 0 spiro atoms. The molecular formula is C12H17FN4O2. The first-order chi connectivity index (χ1) is 8.92. The van der Waals surface area contributed by atoms with E-state index in [-0.39, 0.29) is 18.8 Å². The summed E-state index contributed by atoms with van der Waals surface area (Å²) in [5.41, 5.74) is 10.9. The molecule has 0 aliphatic rings. The van der Waals surface area contributed by atoms with Crippen LogP contribution in [0.4, 0.5) is 15.8 Å². The van der Waals surface area contributed by atoms with Crippen LogP contribution in [0, 0.1) is 5.82 Å². The van der Waals surface area contributed by atoms with Crippen molar-refractivity contribution >= 4 is 23.2 Å². The third kappa shape index (κ3) is 4.92. The van der Waals surface area contributed by atoms with Crippen molar-refractivity contribution in [2.45, 2.75) is 6.92 Å². The van der Waals surface area contributed by atoms with Crippen LogP contribution < -0.4 is 16.8 Å². The molecule has 0 saturated carbocycles. The monoisotopic (exact) mass is 268 g/mol. The van der Waals surface area contributed by atoms with Crippen molar-refractivity contribution in [3.8, 4) is 0 Å². The molecule has 104 valence electrons. The Morgan fingerprint density at radius 2 is 2.05 bits per heavy atom. The van der Waals surface area contributed by atoms with Gasteiger partial charge in [-0.3, -0.25) is 14.5 Å². The fourth-order valence-corrected chi connectivity index (χ4v) is 1.53. The number of carbonyl (C=O) groups is 2. The van der Waals surface area contributed by atoms with Gasteiger partial charge in [-0.15, -0.1) is 0 Å². The van der Waals surface area contributed by atoms with Gasteiger partial charge in [-0.25, -0.2) is 4.39 Å². The molecule has 0 unspecified atom stereocenters. The largest absolute Gasteiger partial charge is 0.399 e. The van der Waals surface area contributed by atoms with Crippen LogP contribution in [0.3, 0.4) is 0 Å². The first-order valence-corrected chi connectivity index (χ1v) is 5.78. The number of hydrogen-bond donors (Lipinski definition) is 3. The number of halogens is 1. The highest BCUT2D eigenvalue weighted by Gasteiger charge is 2.13. The molecular weight excluding hydrogens is 251 g/mol. The van der Waals surface area contributed by atoms with Gasteiger partial charge in [0.1, 0.15) is 5.82 Å². The average Bonchev–Trinajstić information content (AvgIpc) is 2.32. The first-order valence-electron chi connectivity index (χ1n) is 5.78. The quantitative estimate of drug-likeness (QED) is 0.639. The number of benzene rings is 1. The molecule has 0 aliphatic heterocycles. The second kappa shape index (κ2) is 6.69. The lowest BCUT2D eigenvalue weighted by atomic mass is 10.2. The number of rotatable bonds is 6. The molecule has 0 aliphatic carbocycles. The predicted octanol–water partition coefficient (Wildman–Crippen LogP) is 0.154. The number of nitrogens with two attached hydrogens (primary N) is 2. The van der Waals surface area contributed by atoms with Crippen LogP contribution in [-0.2, 0) is 9.59 Å². The maximum atomic E-state index is 13.4. The minimum absolute atomic E-state index is 0.0140. The standard InChI is InChI=1S/C12H17FN4O2/c1-2-17(6-11(15)18)7-12(19)16-10-5-8(14)3-4-9(10)13/h3-5H,2,6-7,14H2,1H3,(H2,15,18)(H,16,19). The van der Waals surface area contributed by atoms with E-state index in [1.54, 1.807) is 11.8 Å². The number of anilines is 2. The summed E-state index contributed by atoms with van der Waals surface area (Å²) in [7, 11) is 0. The summed E-state index contributed by atoms with van der Waals surface area (Å²) in [6.45, 7) is 2.20. The number of nitrogens with zero attached hydrogens (tertiary/aromatic N) is 1. The van der Waals surface area contributed by atoms with E-state index < -0.39 is 17.6 Å². The van der Waals surface area contributed by atoms with Crippen LogP contribution in [0.25, 0.3) is 0 Å². The fraction of sp³-hybridized carbons (Fsp3) is 0.333. The van der Waals surface area contributed by atoms with E-state index in [0.717, 1.165) is 0 Å². The normalized spacial score (nSPS) is 10.5. The molecule has 0 fully saturated rings. The summed E-state index contributed by atoms with van der Waals surface area (Å²) >= 11 is 0. The molecule has 1 aromatic carbocycles. The van der Waals surface area contributed by atoms with E-state index in [1.165, 1.54) is 18.2 Å². The van der Waals surface area contributed by atoms with Gasteiger partial charge in [-0.2, -0.15) is 0 Å². The molecule has 1 aromatic rings. The third-order valence-corrected chi connectivity index (χ3v) is 2.46. The van der Waals surface area contributed by atoms with Crippen molar-refractivity contribution in [3.63, 3.8) is 0 Å². The maximum absolute atomic E-state index is 13.4. The predicted molar refractivity (Wildman–Crippen MR) is 70.8 cm³/mol. The zero-order valence-corrected chi connectivity index (χ0v) is 10.6. The molecule has 0 atom stereocenters. The second-order valence-corrected chi connectivity index (χ2v) is 4.06. The van der Waals surface area contributed by atoms with Crippen LogP contribution in [0.1, 0.15) is 6.92 Å². The lowest BCUT2D eigenvalue weighted by Gasteiger charge is -2.18. The minimum Gasteiger partial charge on any atom is -0.399 e. The van der Waals surface area contributed by atoms with E-state index >= 15 is 0 Å². The zero-order chi connectivity index (χ0) is 14.4. The SMILES string of the molecule is CCN(CC(N)=O)CC(=O)Nc1cc(N)ccc1F. The lowest BCUT2D eigenvalue weighted by Crippen LogP contribution is -2.39. The molecule has 0 aromatic heterocycles. The molecule has 1 rings (SSSR count). The Bertz CT molecular complexity index is 479. The van der Waals surface area contributed by atoms with Crippen molar-refractivity contribution in [1.82, 2.24) is 4.90 Å². The summed E-state index contributed by atoms with van der Waals surface area (Å²) < 4.78 is 13.4. The van der Waals surface area contributed by atoms with E-state index in [9.17, 15) is 14.0 Å². The number of nitrogen functional groups attached to an aromatic ring is 1. The van der Waals surface area contributed by atoms with Crippen LogP contribution in [0.2, 0.25) is 0 Å². The summed E-state index contributed by atoms with van der Waals surface area (Å²) in [6, 6.07) is 3.90. The Balaban J connectivity index is 2.63. The van der Waals surface area contributed by atoms with Gasteiger partial charge in [0.2, 0.25) is 11.8 Å². The topological polar surface area (TPSA) is 101 Å². The number of nitrogens with one attached hydrogen (secondary N) is 1. The lowest BCUT2D eigenvalue weighted by molar-refractivity contribution is -0.121. The van der Waals surface area contributed by atoms with Gasteiger partial charge in [-0.05, 0) is 24.7 Å². The van der Waals surface area contributed by atoms with Gasteiger partial charge in [-0.1, -0.05) is 6.92 Å². The van der Waals surface area contributed by atoms with Gasteiger partial charge >= 0.3 is 0 Å². The summed E-state index contributed by atoms with van der Waals surface area (Å²) in [5, 5.41) is 2.40. The van der Waals surface area contributed by atoms with Gasteiger partial charge < -0.3 is 16.8 Å². The zero-order valence-electron chi connectivity index (χ0n) is 10.6. The van der Waals surface area contributed by atoms with Crippen LogP contribution >= 0.6 is 0 Å². The maximum Gasteiger partial charge on any atom is 0.238 e. The van der Waals surface area contributed by atoms with Crippen molar-refractivity contribution < 1.29 is 14.0 Å². The Morgan fingerprint density at radius 3 is 2.63 bits per heavy atom. The molecule has 0 bridgehead atoms. The Morgan fingerprint density at radius 1 is 1.37 bits per heavy atom. The highest BCUT2D eigenvalue weighted by molar-refractivity contribution is 5.93. The second-order valence-electron chi connectivity index (χ2n) is 4.06. The van der Waals surface area contributed by atoms with Crippen molar-refractivity contribution in [2.75, 3.05) is 30.7 Å². The molecule has 0 radical (unpaired) electrons. The number of likely N-dealkylation sites (N-methyl/N-ethyl adjacent to an activating group) is 1. The highest BCUT2D eigenvalue weighted by atomic mass is 19.1. The van der Waals surface area contributed by atoms with Crippen LogP contribution in [0.15, 0.2) is 18.2 Å². The Kier molecular flexibility index (Phi) is 5.25. The molecule has 0 heterocycles. The molecule has 0 saturated heterocycles. The first kappa shape index (κ1) is 14.9. The van der Waals surface area contributed by atoms with Crippen LogP contribution in [-0.4, -0.2) is 36.3 Å². The van der Waals surface area contributed by atoms with E-state index in [0.29, 0.717) is 12.2 Å². The van der Waals surface area contributed by atoms with E-state index in [1.807, 2.05) is 0 Å². The molecule has 2 amide bonds. The van der Waals surface area contributed by atoms with Crippen molar-refractivity contribution in [3.05, 3.63) is 24.0 Å². The molecule has 6 nitrogen and oxygen atoms in total. The summed E-state index contributed by atoms with van der Waals surface area (Å²) in [6.07, 6.45) is 0. The fourth-order valence-electron chi connectivity index (χ4n) is 1.53. The molecule has 7 heteroatoms. The summed E-state index contributed by atoms with van der Waals surface area (Å²) in [4.78, 5) is 24.0. The summed E-state index contributed by atoms with van der Waals surface area (Å²) in [5.74, 6) is -1.53. The Labute approximate surface area is 110 Å². The Hall–Kier alpha value is -2.15. The van der Waals surface area contributed by atoms with Crippen molar-refractivity contribution in [1.29, 1.82) is 0 Å². The number of carbonyl (C=O) groups excluding carboxylic acids is 2. The minimum atomic E-state index is -0.569. The molecule has 5 N–H and O–H groups in total. The van der Waals surface area contributed by atoms with Gasteiger partial charge in [0, 0.05) is 5.69 Å².